The van der Waals surface area contributed by atoms with Crippen molar-refractivity contribution in [2.24, 2.45) is 0 Å². The van der Waals surface area contributed by atoms with Gasteiger partial charge in [0.2, 0.25) is 0 Å². The second-order valence-electron chi connectivity index (χ2n) is 3.16. The maximum absolute atomic E-state index is 5.83. The number of hydrogen-bond donors (Lipinski definition) is 2. The topological polar surface area (TPSA) is 47.3 Å². The monoisotopic (exact) mass is 194 g/mol. The van der Waals surface area contributed by atoms with Crippen LogP contribution in [0.5, 0.6) is 0 Å². The molecule has 0 aliphatic rings. The molecule has 0 radical (unpaired) electrons. The molecule has 1 aromatic carbocycles. The second kappa shape index (κ2) is 5.50. The van der Waals surface area contributed by atoms with Crippen molar-refractivity contribution in [2.75, 3.05) is 30.8 Å². The van der Waals surface area contributed by atoms with Crippen LogP contribution in [0.15, 0.2) is 18.2 Å². The molecule has 0 saturated heterocycles. The molecular formula is C11H18N2O. The maximum Gasteiger partial charge on any atom is 0.0638 e. The summed E-state index contributed by atoms with van der Waals surface area (Å²) in [5, 5.41) is 3.27. The molecule has 0 unspecified atom stereocenters. The summed E-state index contributed by atoms with van der Waals surface area (Å²) in [6.45, 7) is 6.29. The first kappa shape index (κ1) is 10.9. The Morgan fingerprint density at radius 2 is 2.21 bits per heavy atom. The molecular weight excluding hydrogens is 176 g/mol. The summed E-state index contributed by atoms with van der Waals surface area (Å²) in [6, 6.07) is 5.90. The van der Waals surface area contributed by atoms with E-state index in [4.69, 9.17) is 10.5 Å². The van der Waals surface area contributed by atoms with Crippen LogP contribution in [-0.4, -0.2) is 19.8 Å². The van der Waals surface area contributed by atoms with Crippen molar-refractivity contribution in [2.45, 2.75) is 13.8 Å². The van der Waals surface area contributed by atoms with Gasteiger partial charge in [-0.15, -0.1) is 0 Å². The number of rotatable bonds is 5. The van der Waals surface area contributed by atoms with Gasteiger partial charge in [-0.05, 0) is 25.5 Å². The van der Waals surface area contributed by atoms with Crippen LogP contribution in [0.25, 0.3) is 0 Å². The lowest BCUT2D eigenvalue weighted by atomic mass is 10.1. The highest BCUT2D eigenvalue weighted by Gasteiger charge is 2.00. The van der Waals surface area contributed by atoms with Crippen LogP contribution in [0.4, 0.5) is 11.4 Å². The van der Waals surface area contributed by atoms with E-state index in [1.807, 2.05) is 32.0 Å². The zero-order valence-electron chi connectivity index (χ0n) is 8.84. The predicted octanol–water partition coefficient (Wildman–Crippen LogP) is 2.03. The Morgan fingerprint density at radius 3 is 2.86 bits per heavy atom. The van der Waals surface area contributed by atoms with Crippen molar-refractivity contribution < 1.29 is 4.74 Å². The highest BCUT2D eigenvalue weighted by atomic mass is 16.5. The van der Waals surface area contributed by atoms with Crippen LogP contribution in [0, 0.1) is 6.92 Å². The van der Waals surface area contributed by atoms with E-state index < -0.39 is 0 Å². The van der Waals surface area contributed by atoms with Gasteiger partial charge >= 0.3 is 0 Å². The smallest absolute Gasteiger partial charge is 0.0638 e. The third-order valence-corrected chi connectivity index (χ3v) is 2.06. The van der Waals surface area contributed by atoms with E-state index in [1.54, 1.807) is 0 Å². The number of ether oxygens (including phenoxy) is 1. The van der Waals surface area contributed by atoms with Gasteiger partial charge in [-0.2, -0.15) is 0 Å². The van der Waals surface area contributed by atoms with Crippen molar-refractivity contribution in [3.8, 4) is 0 Å². The van der Waals surface area contributed by atoms with E-state index in [2.05, 4.69) is 5.32 Å². The van der Waals surface area contributed by atoms with Crippen LogP contribution in [0.2, 0.25) is 0 Å². The fourth-order valence-electron chi connectivity index (χ4n) is 1.32. The summed E-state index contributed by atoms with van der Waals surface area (Å²) in [7, 11) is 0. The van der Waals surface area contributed by atoms with Crippen molar-refractivity contribution in [1.82, 2.24) is 0 Å². The van der Waals surface area contributed by atoms with Gasteiger partial charge in [-0.1, -0.05) is 12.1 Å². The van der Waals surface area contributed by atoms with E-state index >= 15 is 0 Å². The van der Waals surface area contributed by atoms with Crippen molar-refractivity contribution in [1.29, 1.82) is 0 Å². The third-order valence-electron chi connectivity index (χ3n) is 2.06. The van der Waals surface area contributed by atoms with Gasteiger partial charge in [0.15, 0.2) is 0 Å². The van der Waals surface area contributed by atoms with Crippen LogP contribution in [0.1, 0.15) is 12.5 Å². The van der Waals surface area contributed by atoms with E-state index in [0.717, 1.165) is 24.5 Å². The lowest BCUT2D eigenvalue weighted by Crippen LogP contribution is -2.11. The first-order chi connectivity index (χ1) is 6.75. The lowest BCUT2D eigenvalue weighted by molar-refractivity contribution is 0.158. The number of para-hydroxylation sites is 1. The van der Waals surface area contributed by atoms with Gasteiger partial charge in [0, 0.05) is 13.2 Å². The first-order valence-electron chi connectivity index (χ1n) is 4.92. The molecule has 0 aliphatic carbocycles. The van der Waals surface area contributed by atoms with Crippen molar-refractivity contribution in [3.05, 3.63) is 23.8 Å². The number of aryl methyl sites for hydroxylation is 1. The average molecular weight is 194 g/mol. The zero-order chi connectivity index (χ0) is 10.4. The summed E-state index contributed by atoms with van der Waals surface area (Å²) in [6.07, 6.45) is 0. The Hall–Kier alpha value is -1.22. The highest BCUT2D eigenvalue weighted by molar-refractivity contribution is 5.69. The van der Waals surface area contributed by atoms with E-state index in [0.29, 0.717) is 6.61 Å². The number of nitrogen functional groups attached to an aromatic ring is 1. The van der Waals surface area contributed by atoms with Gasteiger partial charge in [0.05, 0.1) is 18.0 Å². The SMILES string of the molecule is CCOCCNc1c(C)cccc1N. The molecule has 0 amide bonds. The highest BCUT2D eigenvalue weighted by Crippen LogP contribution is 2.21. The fraction of sp³-hybridized carbons (Fsp3) is 0.455. The summed E-state index contributed by atoms with van der Waals surface area (Å²) in [5.41, 5.74) is 8.81. The van der Waals surface area contributed by atoms with Gasteiger partial charge in [-0.3, -0.25) is 0 Å². The number of nitrogens with two attached hydrogens (primary N) is 1. The molecule has 0 fully saturated rings. The van der Waals surface area contributed by atoms with Gasteiger partial charge in [0.1, 0.15) is 0 Å². The Kier molecular flexibility index (Phi) is 4.26. The van der Waals surface area contributed by atoms with E-state index in [1.165, 1.54) is 5.56 Å². The minimum Gasteiger partial charge on any atom is -0.397 e. The predicted molar refractivity (Wildman–Crippen MR) is 60.6 cm³/mol. The molecule has 78 valence electrons. The molecule has 0 atom stereocenters. The average Bonchev–Trinajstić information content (AvgIpc) is 2.16. The van der Waals surface area contributed by atoms with Crippen molar-refractivity contribution in [3.63, 3.8) is 0 Å². The quantitative estimate of drug-likeness (QED) is 0.557. The molecule has 0 saturated carbocycles. The van der Waals surface area contributed by atoms with Crippen LogP contribution < -0.4 is 11.1 Å². The third kappa shape index (κ3) is 2.92. The molecule has 0 bridgehead atoms. The summed E-state index contributed by atoms with van der Waals surface area (Å²) in [4.78, 5) is 0. The molecule has 0 aliphatic heterocycles. The molecule has 3 nitrogen and oxygen atoms in total. The summed E-state index contributed by atoms with van der Waals surface area (Å²) < 4.78 is 5.23. The number of anilines is 2. The fourth-order valence-corrected chi connectivity index (χ4v) is 1.32. The normalized spacial score (nSPS) is 10.1. The Morgan fingerprint density at radius 1 is 1.43 bits per heavy atom. The zero-order valence-corrected chi connectivity index (χ0v) is 8.84. The largest absolute Gasteiger partial charge is 0.397 e. The number of benzene rings is 1. The number of hydrogen-bond acceptors (Lipinski definition) is 3. The first-order valence-corrected chi connectivity index (χ1v) is 4.92. The van der Waals surface area contributed by atoms with Gasteiger partial charge < -0.3 is 15.8 Å². The maximum atomic E-state index is 5.83. The van der Waals surface area contributed by atoms with Gasteiger partial charge in [-0.25, -0.2) is 0 Å². The molecule has 0 heterocycles. The van der Waals surface area contributed by atoms with Crippen LogP contribution in [-0.2, 0) is 4.74 Å². The molecule has 14 heavy (non-hydrogen) atoms. The van der Waals surface area contributed by atoms with Crippen molar-refractivity contribution >= 4 is 11.4 Å². The number of nitrogens with one attached hydrogen (secondary N) is 1. The van der Waals surface area contributed by atoms with Crippen LogP contribution in [0.3, 0.4) is 0 Å². The van der Waals surface area contributed by atoms with Gasteiger partial charge in [0.25, 0.3) is 0 Å². The molecule has 0 spiro atoms. The molecule has 1 rings (SSSR count). The minimum atomic E-state index is 0.713. The van der Waals surface area contributed by atoms with Crippen LogP contribution >= 0.6 is 0 Å². The molecule has 0 aromatic heterocycles. The minimum absolute atomic E-state index is 0.713. The lowest BCUT2D eigenvalue weighted by Gasteiger charge is -2.11. The second-order valence-corrected chi connectivity index (χ2v) is 3.16. The van der Waals surface area contributed by atoms with E-state index in [-0.39, 0.29) is 0 Å². The molecule has 3 N–H and O–H groups in total. The Labute approximate surface area is 85.3 Å². The molecule has 3 heteroatoms. The summed E-state index contributed by atoms with van der Waals surface area (Å²) in [5.74, 6) is 0. The Bertz CT molecular complexity index is 266. The Balaban J connectivity index is 2.49. The molecule has 1 aromatic rings. The standard InChI is InChI=1S/C11H18N2O/c1-3-14-8-7-13-11-9(2)5-4-6-10(11)12/h4-6,13H,3,7-8,12H2,1-2H3. The van der Waals surface area contributed by atoms with E-state index in [9.17, 15) is 0 Å². The summed E-state index contributed by atoms with van der Waals surface area (Å²) >= 11 is 0.